The highest BCUT2D eigenvalue weighted by molar-refractivity contribution is 6.05. The third-order valence-electron chi connectivity index (χ3n) is 13.5. The average molecular weight is 873 g/mol. The Bertz CT molecular complexity index is 2390. The summed E-state index contributed by atoms with van der Waals surface area (Å²) in [6.45, 7) is 12.7. The summed E-state index contributed by atoms with van der Waals surface area (Å²) >= 11 is 0. The van der Waals surface area contributed by atoms with Gasteiger partial charge in [-0.15, -0.1) is 0 Å². The van der Waals surface area contributed by atoms with Crippen molar-refractivity contribution in [3.05, 3.63) is 82.8 Å². The number of nitrogens with zero attached hydrogens (tertiary/aromatic N) is 6. The number of hydrogen-bond donors (Lipinski definition) is 3. The first-order valence-corrected chi connectivity index (χ1v) is 21.8. The summed E-state index contributed by atoms with van der Waals surface area (Å²) in [6, 6.07) is 11.9. The molecule has 0 spiro atoms. The van der Waals surface area contributed by atoms with Crippen molar-refractivity contribution in [2.24, 2.45) is 11.3 Å². The summed E-state index contributed by atoms with van der Waals surface area (Å²) in [4.78, 5) is 61.0. The van der Waals surface area contributed by atoms with E-state index in [4.69, 9.17) is 9.84 Å². The van der Waals surface area contributed by atoms with Crippen LogP contribution in [0, 0.1) is 11.3 Å². The quantitative estimate of drug-likeness (QED) is 0.148. The van der Waals surface area contributed by atoms with Crippen LogP contribution in [-0.2, 0) is 32.7 Å². The van der Waals surface area contributed by atoms with Gasteiger partial charge in [-0.05, 0) is 112 Å². The van der Waals surface area contributed by atoms with Crippen LogP contribution in [0.25, 0.3) is 10.9 Å². The highest BCUT2D eigenvalue weighted by atomic mass is 19.4. The summed E-state index contributed by atoms with van der Waals surface area (Å²) in [5.74, 6) is -1.34. The Labute approximate surface area is 364 Å². The first-order valence-electron chi connectivity index (χ1n) is 21.8. The van der Waals surface area contributed by atoms with E-state index in [9.17, 15) is 37.5 Å². The molecular weight excluding hydrogens is 818 g/mol. The molecule has 1 atom stereocenters. The zero-order valence-electron chi connectivity index (χ0n) is 36.1. The molecule has 1 unspecified atom stereocenters. The van der Waals surface area contributed by atoms with Crippen LogP contribution in [-0.4, -0.2) is 98.8 Å². The Morgan fingerprint density at radius 3 is 2.40 bits per heavy atom. The number of pyridine rings is 1. The normalized spacial score (nSPS) is 20.2. The number of hydrogen-bond acceptors (Lipinski definition) is 10. The molecule has 14 nitrogen and oxygen atoms in total. The Balaban J connectivity index is 0.846. The Morgan fingerprint density at radius 1 is 0.952 bits per heavy atom. The maximum absolute atomic E-state index is 13.8. The first-order chi connectivity index (χ1) is 29.8. The van der Waals surface area contributed by atoms with Crippen LogP contribution in [0.3, 0.4) is 0 Å². The smallest absolute Gasteiger partial charge is 0.386 e. The number of carbonyl (C=O) groups is 4. The largest absolute Gasteiger partial charge is 0.433 e. The minimum Gasteiger partial charge on any atom is -0.386 e. The SMILES string of the molecule is CC(C)(O)c1cc2nn(C3CCN(CCC(C)(C)C4CCN(c5ccc6c(c5)C(=O)N(C5CCC(=O)NC5=O)COC6)CC4)CC3)cc2cc1NC(=O)c1cccc(C(F)(F)F)n1. The van der Waals surface area contributed by atoms with Gasteiger partial charge >= 0.3 is 6.18 Å². The number of imide groups is 1. The van der Waals surface area contributed by atoms with Gasteiger partial charge in [0.05, 0.1) is 23.8 Å². The molecule has 4 aliphatic rings. The lowest BCUT2D eigenvalue weighted by Gasteiger charge is -2.43. The van der Waals surface area contributed by atoms with Crippen molar-refractivity contribution in [3.8, 4) is 0 Å². The van der Waals surface area contributed by atoms with Gasteiger partial charge in [0, 0.05) is 66.7 Å². The highest BCUT2D eigenvalue weighted by Crippen LogP contribution is 2.40. The molecule has 3 fully saturated rings. The molecule has 3 saturated heterocycles. The number of aromatic nitrogens is 3. The van der Waals surface area contributed by atoms with Gasteiger partial charge in [-0.1, -0.05) is 26.0 Å². The van der Waals surface area contributed by atoms with Crippen molar-refractivity contribution >= 4 is 45.9 Å². The van der Waals surface area contributed by atoms with Crippen LogP contribution < -0.4 is 15.5 Å². The summed E-state index contributed by atoms with van der Waals surface area (Å²) in [5.41, 5.74) is 0.763. The van der Waals surface area contributed by atoms with E-state index < -0.39 is 35.3 Å². The molecule has 0 radical (unpaired) electrons. The number of nitrogens with one attached hydrogen (secondary N) is 2. The van der Waals surface area contributed by atoms with E-state index in [0.29, 0.717) is 22.6 Å². The molecule has 8 rings (SSSR count). The van der Waals surface area contributed by atoms with Crippen molar-refractivity contribution < 1.29 is 42.2 Å². The average Bonchev–Trinajstić information content (AvgIpc) is 3.60. The van der Waals surface area contributed by atoms with Crippen LogP contribution in [0.4, 0.5) is 24.5 Å². The van der Waals surface area contributed by atoms with Crippen LogP contribution in [0.5, 0.6) is 0 Å². The minimum atomic E-state index is -4.70. The van der Waals surface area contributed by atoms with E-state index in [1.807, 2.05) is 29.1 Å². The molecule has 6 heterocycles. The summed E-state index contributed by atoms with van der Waals surface area (Å²) in [5, 5.41) is 21.6. The van der Waals surface area contributed by atoms with E-state index in [1.54, 1.807) is 26.0 Å². The van der Waals surface area contributed by atoms with Crippen LogP contribution in [0.1, 0.15) is 116 Å². The molecule has 0 aliphatic carbocycles. The number of halogens is 3. The third-order valence-corrected chi connectivity index (χ3v) is 13.5. The lowest BCUT2D eigenvalue weighted by Crippen LogP contribution is -2.54. The van der Waals surface area contributed by atoms with Crippen molar-refractivity contribution in [3.63, 3.8) is 0 Å². The molecule has 63 heavy (non-hydrogen) atoms. The minimum absolute atomic E-state index is 0.00936. The van der Waals surface area contributed by atoms with E-state index in [0.717, 1.165) is 93.6 Å². The highest BCUT2D eigenvalue weighted by Gasteiger charge is 2.38. The number of amides is 4. The number of carbonyl (C=O) groups excluding carboxylic acids is 4. The molecule has 0 bridgehead atoms. The van der Waals surface area contributed by atoms with Crippen molar-refractivity contribution in [2.45, 2.75) is 103 Å². The number of benzene rings is 2. The molecule has 3 N–H and O–H groups in total. The molecule has 2 aromatic carbocycles. The van der Waals surface area contributed by atoms with E-state index in [-0.39, 0.29) is 60.8 Å². The fourth-order valence-electron chi connectivity index (χ4n) is 9.53. The van der Waals surface area contributed by atoms with Crippen molar-refractivity contribution in [1.82, 2.24) is 29.9 Å². The number of alkyl halides is 3. The van der Waals surface area contributed by atoms with Gasteiger partial charge in [0.2, 0.25) is 11.8 Å². The van der Waals surface area contributed by atoms with Gasteiger partial charge in [0.1, 0.15) is 24.2 Å². The first kappa shape index (κ1) is 44.2. The molecule has 4 amide bonds. The Morgan fingerprint density at radius 2 is 1.70 bits per heavy atom. The number of piperidine rings is 3. The summed E-state index contributed by atoms with van der Waals surface area (Å²) in [6.07, 6.45) is 2.60. The van der Waals surface area contributed by atoms with Crippen LogP contribution >= 0.6 is 0 Å². The fourth-order valence-corrected chi connectivity index (χ4v) is 9.53. The second-order valence-electron chi connectivity index (χ2n) is 18.6. The van der Waals surface area contributed by atoms with Crippen molar-refractivity contribution in [2.75, 3.05) is 49.7 Å². The molecule has 4 aromatic rings. The third kappa shape index (κ3) is 9.60. The zero-order valence-corrected chi connectivity index (χ0v) is 36.1. The lowest BCUT2D eigenvalue weighted by molar-refractivity contribution is -0.141. The molecule has 2 aromatic heterocycles. The fraction of sp³-hybridized carbons (Fsp3) is 0.522. The second kappa shape index (κ2) is 17.3. The number of aliphatic hydroxyl groups is 1. The lowest BCUT2D eigenvalue weighted by atomic mass is 9.71. The molecule has 336 valence electrons. The van der Waals surface area contributed by atoms with E-state index in [1.165, 1.54) is 11.0 Å². The van der Waals surface area contributed by atoms with E-state index in [2.05, 4.69) is 39.3 Å². The standard InChI is InChI=1S/C46H55F3N8O6/c1-44(2,30-12-19-55(20-13-30)32-9-8-28-26-63-27-56(43(61)33(28)23-32)38-10-11-40(58)52-42(38)60)16-21-54-17-14-31(15-18-54)57-25-29-22-37(34(45(3,4)62)24-36(29)53-57)51-41(59)35-6-5-7-39(50-35)46(47,48)49/h5-9,22-25,30-31,38,62H,10-21,26-27H2,1-4H3,(H,51,59)(H,52,58,60). The Hall–Kier alpha value is -5.39. The van der Waals surface area contributed by atoms with Crippen LogP contribution in [0.2, 0.25) is 0 Å². The number of anilines is 2. The van der Waals surface area contributed by atoms with Gasteiger partial charge in [0.15, 0.2) is 0 Å². The second-order valence-corrected chi connectivity index (χ2v) is 18.6. The number of fused-ring (bicyclic) bond motifs is 2. The topological polar surface area (TPSA) is 162 Å². The number of likely N-dealkylation sites (tertiary alicyclic amines) is 1. The zero-order chi connectivity index (χ0) is 44.8. The number of rotatable bonds is 10. The van der Waals surface area contributed by atoms with Gasteiger partial charge in [-0.2, -0.15) is 18.3 Å². The predicted molar refractivity (Wildman–Crippen MR) is 229 cm³/mol. The number of ether oxygens (including phenoxy) is 1. The summed E-state index contributed by atoms with van der Waals surface area (Å²) < 4.78 is 47.6. The monoisotopic (exact) mass is 872 g/mol. The maximum Gasteiger partial charge on any atom is 0.433 e. The van der Waals surface area contributed by atoms with Gasteiger partial charge in [-0.25, -0.2) is 4.98 Å². The van der Waals surface area contributed by atoms with E-state index >= 15 is 0 Å². The Kier molecular flexibility index (Phi) is 12.1. The maximum atomic E-state index is 13.8. The molecule has 4 aliphatic heterocycles. The predicted octanol–water partition coefficient (Wildman–Crippen LogP) is 6.63. The van der Waals surface area contributed by atoms with Gasteiger partial charge < -0.3 is 29.9 Å². The summed E-state index contributed by atoms with van der Waals surface area (Å²) in [7, 11) is 0. The van der Waals surface area contributed by atoms with Gasteiger partial charge in [-0.3, -0.25) is 29.2 Å². The van der Waals surface area contributed by atoms with Crippen molar-refractivity contribution in [1.29, 1.82) is 0 Å². The molecule has 0 saturated carbocycles. The molecular formula is C46H55F3N8O6. The van der Waals surface area contributed by atoms with Crippen LogP contribution in [0.15, 0.2) is 54.7 Å². The van der Waals surface area contributed by atoms with Gasteiger partial charge in [0.25, 0.3) is 11.8 Å². The molecule has 17 heteroatoms.